The number of pyridine rings is 1. The Morgan fingerprint density at radius 1 is 1.24 bits per heavy atom. The van der Waals surface area contributed by atoms with Gasteiger partial charge in [-0.3, -0.25) is 14.6 Å². The quantitative estimate of drug-likeness (QED) is 0.750. The van der Waals surface area contributed by atoms with Crippen molar-refractivity contribution in [2.24, 2.45) is 0 Å². The van der Waals surface area contributed by atoms with Crippen LogP contribution in [0, 0.1) is 6.92 Å². The fraction of sp³-hybridized carbons (Fsp3) is 0.0667. The van der Waals surface area contributed by atoms with Crippen LogP contribution < -0.4 is 10.9 Å². The van der Waals surface area contributed by atoms with Crippen molar-refractivity contribution in [3.05, 3.63) is 64.2 Å². The summed E-state index contributed by atoms with van der Waals surface area (Å²) in [4.78, 5) is 27.4. The SMILES string of the molecule is Cc1cc(NC(=O)c2ccc(=O)[nH]n2)c2ncccc2c1. The first-order valence-corrected chi connectivity index (χ1v) is 6.36. The Hall–Kier alpha value is -3.02. The number of nitrogens with zero attached hydrogens (tertiary/aromatic N) is 2. The Morgan fingerprint density at radius 2 is 2.10 bits per heavy atom. The fourth-order valence-corrected chi connectivity index (χ4v) is 2.09. The molecule has 1 aromatic carbocycles. The zero-order valence-electron chi connectivity index (χ0n) is 11.3. The Morgan fingerprint density at radius 3 is 2.86 bits per heavy atom. The molecule has 2 N–H and O–H groups in total. The first kappa shape index (κ1) is 13.0. The molecule has 0 radical (unpaired) electrons. The van der Waals surface area contributed by atoms with E-state index in [-0.39, 0.29) is 11.3 Å². The molecule has 3 rings (SSSR count). The van der Waals surface area contributed by atoms with E-state index in [9.17, 15) is 9.59 Å². The smallest absolute Gasteiger partial charge is 0.276 e. The normalized spacial score (nSPS) is 10.5. The van der Waals surface area contributed by atoms with Gasteiger partial charge in [0.25, 0.3) is 11.5 Å². The topological polar surface area (TPSA) is 87.7 Å². The van der Waals surface area contributed by atoms with Gasteiger partial charge in [0.05, 0.1) is 11.2 Å². The van der Waals surface area contributed by atoms with E-state index in [0.29, 0.717) is 11.2 Å². The maximum absolute atomic E-state index is 12.2. The van der Waals surface area contributed by atoms with Crippen molar-refractivity contribution in [3.63, 3.8) is 0 Å². The zero-order chi connectivity index (χ0) is 14.8. The monoisotopic (exact) mass is 280 g/mol. The van der Waals surface area contributed by atoms with Gasteiger partial charge in [-0.2, -0.15) is 5.10 Å². The molecule has 1 amide bonds. The molecule has 0 fully saturated rings. The van der Waals surface area contributed by atoms with E-state index < -0.39 is 5.91 Å². The van der Waals surface area contributed by atoms with Crippen molar-refractivity contribution >= 4 is 22.5 Å². The number of aromatic nitrogens is 3. The Balaban J connectivity index is 1.99. The third-order valence-electron chi connectivity index (χ3n) is 3.01. The van der Waals surface area contributed by atoms with Crippen LogP contribution >= 0.6 is 0 Å². The van der Waals surface area contributed by atoms with E-state index in [0.717, 1.165) is 10.9 Å². The summed E-state index contributed by atoms with van der Waals surface area (Å²) in [5.74, 6) is -0.399. The summed E-state index contributed by atoms with van der Waals surface area (Å²) >= 11 is 0. The number of rotatable bonds is 2. The van der Waals surface area contributed by atoms with Crippen molar-refractivity contribution in [1.29, 1.82) is 0 Å². The van der Waals surface area contributed by atoms with E-state index in [1.807, 2.05) is 31.2 Å². The lowest BCUT2D eigenvalue weighted by Crippen LogP contribution is -2.17. The summed E-state index contributed by atoms with van der Waals surface area (Å²) in [6.07, 6.45) is 1.67. The van der Waals surface area contributed by atoms with Crippen molar-refractivity contribution in [1.82, 2.24) is 15.2 Å². The molecule has 104 valence electrons. The van der Waals surface area contributed by atoms with Crippen LogP contribution in [-0.4, -0.2) is 21.1 Å². The van der Waals surface area contributed by atoms with Crippen molar-refractivity contribution in [3.8, 4) is 0 Å². The van der Waals surface area contributed by atoms with E-state index in [4.69, 9.17) is 0 Å². The highest BCUT2D eigenvalue weighted by Crippen LogP contribution is 2.23. The van der Waals surface area contributed by atoms with Crippen molar-refractivity contribution < 1.29 is 4.79 Å². The lowest BCUT2D eigenvalue weighted by atomic mass is 10.1. The van der Waals surface area contributed by atoms with Crippen LogP contribution in [0.5, 0.6) is 0 Å². The predicted molar refractivity (Wildman–Crippen MR) is 79.3 cm³/mol. The van der Waals surface area contributed by atoms with Crippen LogP contribution in [0.2, 0.25) is 0 Å². The van der Waals surface area contributed by atoms with Crippen LogP contribution in [-0.2, 0) is 0 Å². The number of H-pyrrole nitrogens is 1. The van der Waals surface area contributed by atoms with Gasteiger partial charge in [-0.15, -0.1) is 0 Å². The molecule has 0 aliphatic heterocycles. The molecule has 0 spiro atoms. The number of hydrogen-bond acceptors (Lipinski definition) is 4. The molecule has 0 atom stereocenters. The summed E-state index contributed by atoms with van der Waals surface area (Å²) in [5.41, 5.74) is 2.12. The second-order valence-electron chi connectivity index (χ2n) is 4.65. The summed E-state index contributed by atoms with van der Waals surface area (Å²) < 4.78 is 0. The van der Waals surface area contributed by atoms with Crippen LogP contribution in [0.25, 0.3) is 10.9 Å². The number of hydrogen-bond donors (Lipinski definition) is 2. The first-order chi connectivity index (χ1) is 10.1. The van der Waals surface area contributed by atoms with Crippen LogP contribution in [0.15, 0.2) is 47.4 Å². The Bertz CT molecular complexity index is 866. The average molecular weight is 280 g/mol. The van der Waals surface area contributed by atoms with E-state index in [2.05, 4.69) is 20.5 Å². The van der Waals surface area contributed by atoms with Crippen molar-refractivity contribution in [2.75, 3.05) is 5.32 Å². The predicted octanol–water partition coefficient (Wildman–Crippen LogP) is 1.88. The van der Waals surface area contributed by atoms with Gasteiger partial charge in [0.15, 0.2) is 0 Å². The lowest BCUT2D eigenvalue weighted by molar-refractivity contribution is 0.102. The third-order valence-corrected chi connectivity index (χ3v) is 3.01. The highest BCUT2D eigenvalue weighted by molar-refractivity contribution is 6.07. The second kappa shape index (κ2) is 5.16. The number of nitrogens with one attached hydrogen (secondary N) is 2. The standard InChI is InChI=1S/C15H12N4O2/c1-9-7-10-3-2-6-16-14(10)12(8-9)17-15(21)11-4-5-13(20)19-18-11/h2-8H,1H3,(H,17,21)(H,19,20). The molecule has 3 aromatic rings. The van der Waals surface area contributed by atoms with Gasteiger partial charge in [0.2, 0.25) is 0 Å². The minimum absolute atomic E-state index is 0.139. The molecule has 6 nitrogen and oxygen atoms in total. The average Bonchev–Trinajstić information content (AvgIpc) is 2.47. The Kier molecular flexibility index (Phi) is 3.19. The van der Waals surface area contributed by atoms with Gasteiger partial charge in [0.1, 0.15) is 5.69 Å². The zero-order valence-corrected chi connectivity index (χ0v) is 11.3. The molecule has 2 aromatic heterocycles. The number of aromatic amines is 1. The number of amides is 1. The van der Waals surface area contributed by atoms with Crippen LogP contribution in [0.4, 0.5) is 5.69 Å². The molecule has 0 aliphatic rings. The van der Waals surface area contributed by atoms with Gasteiger partial charge in [0, 0.05) is 17.6 Å². The summed E-state index contributed by atoms with van der Waals surface area (Å²) in [5, 5.41) is 9.66. The number of carbonyl (C=O) groups excluding carboxylic acids is 1. The molecule has 0 saturated carbocycles. The second-order valence-corrected chi connectivity index (χ2v) is 4.65. The van der Waals surface area contributed by atoms with E-state index >= 15 is 0 Å². The van der Waals surface area contributed by atoms with E-state index in [1.54, 1.807) is 6.20 Å². The van der Waals surface area contributed by atoms with Crippen molar-refractivity contribution in [2.45, 2.75) is 6.92 Å². The molecule has 21 heavy (non-hydrogen) atoms. The minimum Gasteiger partial charge on any atom is -0.319 e. The highest BCUT2D eigenvalue weighted by atomic mass is 16.2. The summed E-state index contributed by atoms with van der Waals surface area (Å²) in [7, 11) is 0. The molecule has 2 heterocycles. The van der Waals surface area contributed by atoms with Gasteiger partial charge in [-0.1, -0.05) is 6.07 Å². The number of benzene rings is 1. The van der Waals surface area contributed by atoms with Crippen LogP contribution in [0.3, 0.4) is 0 Å². The number of fused-ring (bicyclic) bond motifs is 1. The first-order valence-electron chi connectivity index (χ1n) is 6.36. The van der Waals surface area contributed by atoms with Crippen LogP contribution in [0.1, 0.15) is 16.1 Å². The third kappa shape index (κ3) is 2.64. The lowest BCUT2D eigenvalue weighted by Gasteiger charge is -2.08. The van der Waals surface area contributed by atoms with Gasteiger partial charge >= 0.3 is 0 Å². The molecule has 6 heteroatoms. The molecule has 0 bridgehead atoms. The molecular formula is C15H12N4O2. The highest BCUT2D eigenvalue weighted by Gasteiger charge is 2.11. The van der Waals surface area contributed by atoms with Gasteiger partial charge in [-0.25, -0.2) is 5.10 Å². The minimum atomic E-state index is -0.399. The Labute approximate surface area is 119 Å². The maximum Gasteiger partial charge on any atom is 0.276 e. The van der Waals surface area contributed by atoms with E-state index in [1.165, 1.54) is 12.1 Å². The number of anilines is 1. The van der Waals surface area contributed by atoms with Gasteiger partial charge < -0.3 is 5.32 Å². The molecular weight excluding hydrogens is 268 g/mol. The molecule has 0 unspecified atom stereocenters. The summed E-state index contributed by atoms with van der Waals surface area (Å²) in [6, 6.07) is 10.3. The fourth-order valence-electron chi connectivity index (χ4n) is 2.09. The number of carbonyl (C=O) groups is 1. The number of aryl methyl sites for hydroxylation is 1. The largest absolute Gasteiger partial charge is 0.319 e. The van der Waals surface area contributed by atoms with Gasteiger partial charge in [-0.05, 0) is 36.8 Å². The molecule has 0 aliphatic carbocycles. The molecule has 0 saturated heterocycles. The summed E-state index contributed by atoms with van der Waals surface area (Å²) in [6.45, 7) is 1.94. The maximum atomic E-state index is 12.2.